The van der Waals surface area contributed by atoms with Gasteiger partial charge in [-0.1, -0.05) is 34.1 Å². The summed E-state index contributed by atoms with van der Waals surface area (Å²) in [5, 5.41) is 70.3. The first kappa shape index (κ1) is 50.6. The minimum atomic E-state index is -1.86. The van der Waals surface area contributed by atoms with E-state index in [1.54, 1.807) is 6.92 Å². The summed E-state index contributed by atoms with van der Waals surface area (Å²) in [4.78, 5) is 124. The van der Waals surface area contributed by atoms with Gasteiger partial charge in [0, 0.05) is 19.3 Å². The lowest BCUT2D eigenvalue weighted by Crippen LogP contribution is -2.62. The molecule has 0 radical (unpaired) electrons. The van der Waals surface area contributed by atoms with Crippen LogP contribution in [0.25, 0.3) is 0 Å². The molecule has 0 aliphatic rings. The summed E-state index contributed by atoms with van der Waals surface area (Å²) in [6.07, 6.45) is -4.64. The Kier molecular flexibility index (Phi) is 22.5. The third-order valence-electron chi connectivity index (χ3n) is 8.47. The van der Waals surface area contributed by atoms with Crippen LogP contribution in [-0.2, 0) is 47.9 Å². The van der Waals surface area contributed by atoms with E-state index in [0.29, 0.717) is 6.42 Å². The molecule has 0 bridgehead atoms. The van der Waals surface area contributed by atoms with Crippen LogP contribution in [0.1, 0.15) is 79.6 Å². The lowest BCUT2D eigenvalue weighted by atomic mass is 9.98. The number of hydrogen-bond donors (Lipinski definition) is 13. The van der Waals surface area contributed by atoms with Gasteiger partial charge in [0.2, 0.25) is 35.4 Å². The van der Waals surface area contributed by atoms with E-state index in [1.807, 2.05) is 0 Å². The second kappa shape index (κ2) is 24.9. The van der Waals surface area contributed by atoms with Crippen molar-refractivity contribution >= 4 is 59.3 Å². The van der Waals surface area contributed by atoms with E-state index in [0.717, 1.165) is 6.92 Å². The Balaban J connectivity index is 6.19. The van der Waals surface area contributed by atoms with E-state index in [2.05, 4.69) is 31.9 Å². The van der Waals surface area contributed by atoms with Crippen LogP contribution in [0.15, 0.2) is 0 Å². The SMILES string of the molecule is CCC(C)C(NC(=O)C(CCC(=O)O)NC(=O)C(CCC(=O)O)NC(=O)C(NC(=O)C(NC(=O)C(CO)NC(=O)C(N)CCC(=O)O)C(C)C)C(C)O)C(=O)O. The van der Waals surface area contributed by atoms with Gasteiger partial charge < -0.3 is 68.3 Å². The molecule has 56 heavy (non-hydrogen) atoms. The molecule has 0 rings (SSSR count). The number of nitrogens with two attached hydrogens (primary N) is 1. The maximum atomic E-state index is 13.4. The quantitative estimate of drug-likeness (QED) is 0.0376. The minimum absolute atomic E-state index is 0.286. The van der Waals surface area contributed by atoms with Crippen LogP contribution in [0, 0.1) is 11.8 Å². The Morgan fingerprint density at radius 2 is 0.893 bits per heavy atom. The largest absolute Gasteiger partial charge is 0.481 e. The van der Waals surface area contributed by atoms with Gasteiger partial charge in [-0.15, -0.1) is 0 Å². The fourth-order valence-electron chi connectivity index (χ4n) is 4.86. The van der Waals surface area contributed by atoms with Gasteiger partial charge in [-0.2, -0.15) is 0 Å². The molecule has 14 N–H and O–H groups in total. The first-order chi connectivity index (χ1) is 26.0. The highest BCUT2D eigenvalue weighted by Crippen LogP contribution is 2.11. The van der Waals surface area contributed by atoms with E-state index in [-0.39, 0.29) is 6.42 Å². The lowest BCUT2D eigenvalue weighted by molar-refractivity contribution is -0.144. The topological polar surface area (TPSA) is 390 Å². The molecule has 9 unspecified atom stereocenters. The number of amides is 6. The van der Waals surface area contributed by atoms with Crippen molar-refractivity contribution in [1.29, 1.82) is 0 Å². The summed E-state index contributed by atoms with van der Waals surface area (Å²) in [6.45, 7) is 6.25. The van der Waals surface area contributed by atoms with Crippen molar-refractivity contribution in [2.24, 2.45) is 17.6 Å². The van der Waals surface area contributed by atoms with Gasteiger partial charge in [0.05, 0.1) is 18.8 Å². The van der Waals surface area contributed by atoms with Gasteiger partial charge in [-0.25, -0.2) is 4.79 Å². The summed E-state index contributed by atoms with van der Waals surface area (Å²) in [6, 6.07) is -11.2. The van der Waals surface area contributed by atoms with Crippen molar-refractivity contribution < 1.29 is 78.6 Å². The molecule has 0 heterocycles. The normalized spacial score (nSPS) is 15.9. The molecular weight excluding hydrogens is 750 g/mol. The van der Waals surface area contributed by atoms with E-state index >= 15 is 0 Å². The Labute approximate surface area is 321 Å². The molecular formula is C33H55N7O16. The van der Waals surface area contributed by atoms with Crippen LogP contribution in [-0.4, -0.2) is 145 Å². The molecule has 0 aromatic rings. The molecule has 6 amide bonds. The predicted molar refractivity (Wildman–Crippen MR) is 191 cm³/mol. The standard InChI is InChI=1S/C33H55N7O16/c1-6-15(4)25(33(55)56)39-29(51)19(9-12-23(47)48)35-28(50)18(8-11-22(45)46)36-32(54)26(16(5)42)40-31(53)24(14(2)3)38-30(52)20(13-41)37-27(49)17(34)7-10-21(43)44/h14-20,24-26,41-42H,6-13,34H2,1-5H3,(H,35,50)(H,36,54)(H,37,49)(H,38,52)(H,39,51)(H,40,53)(H,43,44)(H,45,46)(H,47,48)(H,55,56). The highest BCUT2D eigenvalue weighted by molar-refractivity contribution is 5.97. The second-order valence-electron chi connectivity index (χ2n) is 13.4. The first-order valence-corrected chi connectivity index (χ1v) is 17.7. The molecule has 23 heteroatoms. The molecule has 23 nitrogen and oxygen atoms in total. The number of hydrogen-bond acceptors (Lipinski definition) is 13. The molecule has 0 saturated heterocycles. The molecule has 0 aromatic heterocycles. The number of carbonyl (C=O) groups is 10. The van der Waals surface area contributed by atoms with Crippen molar-refractivity contribution in [2.45, 2.75) is 128 Å². The summed E-state index contributed by atoms with van der Waals surface area (Å²) >= 11 is 0. The molecule has 0 aliphatic carbocycles. The van der Waals surface area contributed by atoms with Crippen LogP contribution in [0.2, 0.25) is 0 Å². The fourth-order valence-corrected chi connectivity index (χ4v) is 4.86. The maximum absolute atomic E-state index is 13.4. The maximum Gasteiger partial charge on any atom is 0.326 e. The van der Waals surface area contributed by atoms with Crippen molar-refractivity contribution in [1.82, 2.24) is 31.9 Å². The number of carbonyl (C=O) groups excluding carboxylic acids is 6. The minimum Gasteiger partial charge on any atom is -0.481 e. The van der Waals surface area contributed by atoms with Crippen molar-refractivity contribution in [3.8, 4) is 0 Å². The molecule has 0 spiro atoms. The molecule has 0 fully saturated rings. The molecule has 0 aromatic carbocycles. The number of rotatable bonds is 27. The Morgan fingerprint density at radius 1 is 0.518 bits per heavy atom. The first-order valence-electron chi connectivity index (χ1n) is 17.7. The average molecular weight is 806 g/mol. The zero-order valence-electron chi connectivity index (χ0n) is 31.8. The van der Waals surface area contributed by atoms with E-state index in [1.165, 1.54) is 20.8 Å². The molecule has 9 atom stereocenters. The van der Waals surface area contributed by atoms with E-state index < -0.39 is 158 Å². The second-order valence-corrected chi connectivity index (χ2v) is 13.4. The summed E-state index contributed by atoms with van der Waals surface area (Å²) in [5.41, 5.74) is 5.64. The zero-order chi connectivity index (χ0) is 43.4. The van der Waals surface area contributed by atoms with Crippen LogP contribution >= 0.6 is 0 Å². The highest BCUT2D eigenvalue weighted by Gasteiger charge is 2.36. The van der Waals surface area contributed by atoms with Crippen molar-refractivity contribution in [3.63, 3.8) is 0 Å². The summed E-state index contributed by atoms with van der Waals surface area (Å²) < 4.78 is 0. The Bertz CT molecular complexity index is 1420. The lowest BCUT2D eigenvalue weighted by Gasteiger charge is -2.29. The van der Waals surface area contributed by atoms with Gasteiger partial charge in [0.15, 0.2) is 0 Å². The van der Waals surface area contributed by atoms with Crippen LogP contribution in [0.3, 0.4) is 0 Å². The van der Waals surface area contributed by atoms with Gasteiger partial charge in [-0.05, 0) is 38.0 Å². The van der Waals surface area contributed by atoms with Crippen LogP contribution < -0.4 is 37.6 Å². The number of aliphatic carboxylic acids is 4. The third-order valence-corrected chi connectivity index (χ3v) is 8.47. The van der Waals surface area contributed by atoms with Gasteiger partial charge in [0.25, 0.3) is 0 Å². The fraction of sp³-hybridized carbons (Fsp3) is 0.697. The van der Waals surface area contributed by atoms with E-state index in [4.69, 9.17) is 10.8 Å². The summed E-state index contributed by atoms with van der Waals surface area (Å²) in [7, 11) is 0. The van der Waals surface area contributed by atoms with Crippen LogP contribution in [0.5, 0.6) is 0 Å². The zero-order valence-corrected chi connectivity index (χ0v) is 31.8. The van der Waals surface area contributed by atoms with Crippen LogP contribution in [0.4, 0.5) is 0 Å². The molecule has 318 valence electrons. The Morgan fingerprint density at radius 3 is 1.30 bits per heavy atom. The summed E-state index contributed by atoms with van der Waals surface area (Å²) in [5.74, 6) is -13.3. The smallest absolute Gasteiger partial charge is 0.326 e. The number of nitrogens with one attached hydrogen (secondary N) is 6. The van der Waals surface area contributed by atoms with Crippen molar-refractivity contribution in [3.05, 3.63) is 0 Å². The monoisotopic (exact) mass is 805 g/mol. The van der Waals surface area contributed by atoms with Gasteiger partial charge >= 0.3 is 23.9 Å². The van der Waals surface area contributed by atoms with E-state index in [9.17, 15) is 73.5 Å². The highest BCUT2D eigenvalue weighted by atomic mass is 16.4. The Hall–Kier alpha value is -5.42. The number of aliphatic hydroxyl groups is 2. The number of carboxylic acid groups (broad SMARTS) is 4. The predicted octanol–water partition coefficient (Wildman–Crippen LogP) is -4.02. The van der Waals surface area contributed by atoms with Gasteiger partial charge in [0.1, 0.15) is 36.3 Å². The third kappa shape index (κ3) is 18.3. The van der Waals surface area contributed by atoms with Gasteiger partial charge in [-0.3, -0.25) is 43.2 Å². The number of carboxylic acids is 4. The van der Waals surface area contributed by atoms with Crippen molar-refractivity contribution in [2.75, 3.05) is 6.61 Å². The molecule has 0 saturated carbocycles. The molecule has 0 aliphatic heterocycles. The average Bonchev–Trinajstić information content (AvgIpc) is 3.11. The number of aliphatic hydroxyl groups excluding tert-OH is 2.